The number of aryl methyl sites for hydroxylation is 1. The number of rotatable bonds is 3. The molecule has 0 atom stereocenters. The Hall–Kier alpha value is -1.76. The van der Waals surface area contributed by atoms with Gasteiger partial charge in [0.25, 0.3) is 5.91 Å². The standard InChI is InChI=1S/C11H14N2O2/c1-4-9-8(5-6-15-9)10(14)13-11(2,3)7-12/h5-6H,4H2,1-3H3,(H,13,14). The van der Waals surface area contributed by atoms with Crippen molar-refractivity contribution in [2.24, 2.45) is 0 Å². The Labute approximate surface area is 88.9 Å². The molecule has 0 saturated carbocycles. The molecule has 0 bridgehead atoms. The lowest BCUT2D eigenvalue weighted by atomic mass is 10.1. The van der Waals surface area contributed by atoms with Gasteiger partial charge in [-0.1, -0.05) is 6.92 Å². The molecule has 80 valence electrons. The van der Waals surface area contributed by atoms with Crippen molar-refractivity contribution in [1.29, 1.82) is 5.26 Å². The average Bonchev–Trinajstić information content (AvgIpc) is 2.64. The highest BCUT2D eigenvalue weighted by atomic mass is 16.3. The highest BCUT2D eigenvalue weighted by Crippen LogP contribution is 2.12. The maximum atomic E-state index is 11.7. The van der Waals surface area contributed by atoms with Crippen molar-refractivity contribution >= 4 is 5.91 Å². The smallest absolute Gasteiger partial charge is 0.256 e. The van der Waals surface area contributed by atoms with Crippen LogP contribution in [0.25, 0.3) is 0 Å². The molecule has 0 aliphatic carbocycles. The first kappa shape index (κ1) is 11.3. The molecular formula is C11H14N2O2. The summed E-state index contributed by atoms with van der Waals surface area (Å²) in [4.78, 5) is 11.7. The lowest BCUT2D eigenvalue weighted by molar-refractivity contribution is 0.0927. The number of carbonyl (C=O) groups excluding carboxylic acids is 1. The molecule has 0 radical (unpaired) electrons. The Morgan fingerprint density at radius 3 is 2.87 bits per heavy atom. The van der Waals surface area contributed by atoms with Gasteiger partial charge in [-0.2, -0.15) is 5.26 Å². The normalized spacial score (nSPS) is 10.8. The van der Waals surface area contributed by atoms with E-state index in [0.717, 1.165) is 0 Å². The van der Waals surface area contributed by atoms with Crippen molar-refractivity contribution in [1.82, 2.24) is 5.32 Å². The number of hydrogen-bond acceptors (Lipinski definition) is 3. The Bertz CT molecular complexity index is 399. The minimum Gasteiger partial charge on any atom is -0.469 e. The fraction of sp³-hybridized carbons (Fsp3) is 0.455. The van der Waals surface area contributed by atoms with E-state index in [1.165, 1.54) is 6.26 Å². The number of furan rings is 1. The van der Waals surface area contributed by atoms with E-state index in [0.29, 0.717) is 17.7 Å². The molecule has 4 nitrogen and oxygen atoms in total. The first-order valence-electron chi connectivity index (χ1n) is 4.80. The monoisotopic (exact) mass is 206 g/mol. The van der Waals surface area contributed by atoms with E-state index in [2.05, 4.69) is 5.32 Å². The van der Waals surface area contributed by atoms with Gasteiger partial charge in [0.1, 0.15) is 11.3 Å². The van der Waals surface area contributed by atoms with E-state index in [4.69, 9.17) is 9.68 Å². The molecule has 1 rings (SSSR count). The van der Waals surface area contributed by atoms with Gasteiger partial charge in [0.15, 0.2) is 0 Å². The molecule has 1 aromatic heterocycles. The summed E-state index contributed by atoms with van der Waals surface area (Å²) in [6, 6.07) is 3.62. The zero-order chi connectivity index (χ0) is 11.5. The van der Waals surface area contributed by atoms with Gasteiger partial charge in [0.2, 0.25) is 0 Å². The number of nitrogens with zero attached hydrogens (tertiary/aromatic N) is 1. The van der Waals surface area contributed by atoms with Gasteiger partial charge < -0.3 is 9.73 Å². The molecule has 0 unspecified atom stereocenters. The molecule has 0 aliphatic rings. The van der Waals surface area contributed by atoms with E-state index >= 15 is 0 Å². The Morgan fingerprint density at radius 1 is 1.67 bits per heavy atom. The topological polar surface area (TPSA) is 66.0 Å². The van der Waals surface area contributed by atoms with Crippen LogP contribution < -0.4 is 5.32 Å². The third-order valence-corrected chi connectivity index (χ3v) is 2.02. The van der Waals surface area contributed by atoms with Crippen LogP contribution in [0.4, 0.5) is 0 Å². The summed E-state index contributed by atoms with van der Waals surface area (Å²) in [5, 5.41) is 11.4. The van der Waals surface area contributed by atoms with Gasteiger partial charge in [-0.25, -0.2) is 0 Å². The zero-order valence-electron chi connectivity index (χ0n) is 9.13. The predicted octanol–water partition coefficient (Wildman–Crippen LogP) is 1.87. The summed E-state index contributed by atoms with van der Waals surface area (Å²) in [5.41, 5.74) is -0.361. The SMILES string of the molecule is CCc1occc1C(=O)NC(C)(C)C#N. The van der Waals surface area contributed by atoms with Crippen LogP contribution in [0, 0.1) is 11.3 Å². The molecule has 1 heterocycles. The number of hydrogen-bond donors (Lipinski definition) is 1. The van der Waals surface area contributed by atoms with Gasteiger partial charge in [0, 0.05) is 6.42 Å². The predicted molar refractivity (Wildman–Crippen MR) is 55.2 cm³/mol. The second-order valence-electron chi connectivity index (χ2n) is 3.80. The molecule has 0 spiro atoms. The maximum Gasteiger partial charge on any atom is 0.256 e. The third kappa shape index (κ3) is 2.59. The second-order valence-corrected chi connectivity index (χ2v) is 3.80. The second kappa shape index (κ2) is 4.18. The number of amides is 1. The minimum atomic E-state index is -0.862. The molecule has 0 fully saturated rings. The number of nitriles is 1. The highest BCUT2D eigenvalue weighted by Gasteiger charge is 2.22. The van der Waals surface area contributed by atoms with Crippen molar-refractivity contribution in [3.8, 4) is 6.07 Å². The van der Waals surface area contributed by atoms with Gasteiger partial charge in [0.05, 0.1) is 17.9 Å². The summed E-state index contributed by atoms with van der Waals surface area (Å²) in [6.07, 6.45) is 2.13. The zero-order valence-corrected chi connectivity index (χ0v) is 9.13. The minimum absolute atomic E-state index is 0.271. The first-order valence-corrected chi connectivity index (χ1v) is 4.80. The summed E-state index contributed by atoms with van der Waals surface area (Å²) in [5.74, 6) is 0.369. The van der Waals surface area contributed by atoms with Gasteiger partial charge in [-0.05, 0) is 19.9 Å². The van der Waals surface area contributed by atoms with Crippen molar-refractivity contribution < 1.29 is 9.21 Å². The highest BCUT2D eigenvalue weighted by molar-refractivity contribution is 5.95. The Kier molecular flexibility index (Phi) is 3.15. The molecule has 0 aromatic carbocycles. The van der Waals surface area contributed by atoms with E-state index in [1.54, 1.807) is 19.9 Å². The molecule has 1 aromatic rings. The van der Waals surface area contributed by atoms with Crippen LogP contribution in [0.1, 0.15) is 36.9 Å². The summed E-state index contributed by atoms with van der Waals surface area (Å²) >= 11 is 0. The Balaban J connectivity index is 2.83. The molecule has 1 amide bonds. The molecule has 15 heavy (non-hydrogen) atoms. The molecule has 0 aliphatic heterocycles. The van der Waals surface area contributed by atoms with Crippen molar-refractivity contribution in [2.45, 2.75) is 32.7 Å². The fourth-order valence-corrected chi connectivity index (χ4v) is 1.20. The van der Waals surface area contributed by atoms with Crippen LogP contribution in [0.3, 0.4) is 0 Å². The lowest BCUT2D eigenvalue weighted by Gasteiger charge is -2.16. The van der Waals surface area contributed by atoms with Gasteiger partial charge in [-0.15, -0.1) is 0 Å². The average molecular weight is 206 g/mol. The van der Waals surface area contributed by atoms with E-state index in [9.17, 15) is 4.79 Å². The van der Waals surface area contributed by atoms with Gasteiger partial charge >= 0.3 is 0 Å². The van der Waals surface area contributed by atoms with Crippen molar-refractivity contribution in [3.63, 3.8) is 0 Å². The van der Waals surface area contributed by atoms with E-state index < -0.39 is 5.54 Å². The van der Waals surface area contributed by atoms with E-state index in [-0.39, 0.29) is 5.91 Å². The molecular weight excluding hydrogens is 192 g/mol. The van der Waals surface area contributed by atoms with Crippen LogP contribution in [-0.2, 0) is 6.42 Å². The first-order chi connectivity index (χ1) is 7.00. The van der Waals surface area contributed by atoms with Crippen molar-refractivity contribution in [2.75, 3.05) is 0 Å². The molecule has 0 saturated heterocycles. The van der Waals surface area contributed by atoms with Crippen LogP contribution in [0.15, 0.2) is 16.7 Å². The lowest BCUT2D eigenvalue weighted by Crippen LogP contribution is -2.42. The Morgan fingerprint density at radius 2 is 2.33 bits per heavy atom. The van der Waals surface area contributed by atoms with Crippen molar-refractivity contribution in [3.05, 3.63) is 23.7 Å². The van der Waals surface area contributed by atoms with Crippen LogP contribution in [-0.4, -0.2) is 11.4 Å². The van der Waals surface area contributed by atoms with Gasteiger partial charge in [-0.3, -0.25) is 4.79 Å². The number of carbonyl (C=O) groups is 1. The number of nitrogens with one attached hydrogen (secondary N) is 1. The van der Waals surface area contributed by atoms with Crippen LogP contribution >= 0.6 is 0 Å². The van der Waals surface area contributed by atoms with Crippen LogP contribution in [0.2, 0.25) is 0 Å². The fourth-order valence-electron chi connectivity index (χ4n) is 1.20. The molecule has 4 heteroatoms. The summed E-state index contributed by atoms with van der Waals surface area (Å²) in [6.45, 7) is 5.21. The summed E-state index contributed by atoms with van der Waals surface area (Å²) < 4.78 is 5.14. The maximum absolute atomic E-state index is 11.7. The largest absolute Gasteiger partial charge is 0.469 e. The molecule has 1 N–H and O–H groups in total. The van der Waals surface area contributed by atoms with Crippen LogP contribution in [0.5, 0.6) is 0 Å². The quantitative estimate of drug-likeness (QED) is 0.821. The summed E-state index contributed by atoms with van der Waals surface area (Å²) in [7, 11) is 0. The van der Waals surface area contributed by atoms with E-state index in [1.807, 2.05) is 13.0 Å². The third-order valence-electron chi connectivity index (χ3n) is 2.02.